The highest BCUT2D eigenvalue weighted by molar-refractivity contribution is 5.95. The fourth-order valence-electron chi connectivity index (χ4n) is 3.98. The van der Waals surface area contributed by atoms with Crippen LogP contribution in [0.1, 0.15) is 45.3 Å². The zero-order chi connectivity index (χ0) is 21.3. The van der Waals surface area contributed by atoms with Crippen molar-refractivity contribution < 1.29 is 5.11 Å². The molecule has 1 saturated heterocycles. The number of nitrogens with two attached hydrogens (primary N) is 1. The van der Waals surface area contributed by atoms with Gasteiger partial charge in [-0.2, -0.15) is 0 Å². The molecule has 7 nitrogen and oxygen atoms in total. The van der Waals surface area contributed by atoms with Crippen molar-refractivity contribution in [3.8, 4) is 23.1 Å². The second kappa shape index (κ2) is 8.05. The van der Waals surface area contributed by atoms with Crippen LogP contribution in [-0.2, 0) is 0 Å². The minimum atomic E-state index is -1.07. The summed E-state index contributed by atoms with van der Waals surface area (Å²) in [7, 11) is 0. The molecule has 156 valence electrons. The van der Waals surface area contributed by atoms with Crippen LogP contribution >= 0.6 is 0 Å². The van der Waals surface area contributed by atoms with Gasteiger partial charge in [0.2, 0.25) is 5.95 Å². The van der Waals surface area contributed by atoms with E-state index in [1.165, 1.54) is 0 Å². The zero-order valence-electron chi connectivity index (χ0n) is 17.8. The van der Waals surface area contributed by atoms with Crippen molar-refractivity contribution in [1.29, 1.82) is 0 Å². The number of fused-ring (bicyclic) bond motifs is 1. The van der Waals surface area contributed by atoms with Crippen molar-refractivity contribution in [2.75, 3.05) is 25.4 Å². The first-order valence-electron chi connectivity index (χ1n) is 10.4. The van der Waals surface area contributed by atoms with Gasteiger partial charge < -0.3 is 20.3 Å². The molecule has 3 aromatic rings. The predicted octanol–water partition coefficient (Wildman–Crippen LogP) is 2.85. The Morgan fingerprint density at radius 2 is 2.03 bits per heavy atom. The maximum Gasteiger partial charge on any atom is 0.220 e. The predicted molar refractivity (Wildman–Crippen MR) is 119 cm³/mol. The minimum Gasteiger partial charge on any atom is -0.378 e. The molecule has 0 atom stereocenters. The molecule has 3 N–H and O–H groups in total. The first-order valence-corrected chi connectivity index (χ1v) is 10.4. The number of nitrogens with zero attached hydrogens (tertiary/aromatic N) is 5. The molecule has 0 unspecified atom stereocenters. The van der Waals surface area contributed by atoms with Crippen LogP contribution in [0.2, 0.25) is 0 Å². The Balaban J connectivity index is 1.82. The number of piperidine rings is 1. The zero-order valence-corrected chi connectivity index (χ0v) is 17.8. The quantitative estimate of drug-likeness (QED) is 0.652. The fourth-order valence-corrected chi connectivity index (χ4v) is 3.98. The van der Waals surface area contributed by atoms with Gasteiger partial charge in [-0.1, -0.05) is 12.8 Å². The molecule has 0 amide bonds. The fraction of sp³-hybridized carbons (Fsp3) is 0.435. The van der Waals surface area contributed by atoms with Crippen molar-refractivity contribution in [1.82, 2.24) is 24.4 Å². The van der Waals surface area contributed by atoms with Crippen LogP contribution < -0.4 is 5.73 Å². The van der Waals surface area contributed by atoms with Gasteiger partial charge in [0.25, 0.3) is 0 Å². The van der Waals surface area contributed by atoms with Gasteiger partial charge in [-0.3, -0.25) is 0 Å². The van der Waals surface area contributed by atoms with Crippen molar-refractivity contribution >= 4 is 16.9 Å². The number of aliphatic hydroxyl groups is 1. The molecule has 7 heteroatoms. The number of pyridine rings is 1. The lowest BCUT2D eigenvalue weighted by molar-refractivity contribution is 0.143. The molecule has 0 aromatic carbocycles. The third-order valence-electron chi connectivity index (χ3n) is 5.56. The largest absolute Gasteiger partial charge is 0.378 e. The maximum atomic E-state index is 9.93. The van der Waals surface area contributed by atoms with Gasteiger partial charge in [-0.15, -0.1) is 0 Å². The van der Waals surface area contributed by atoms with Gasteiger partial charge >= 0.3 is 0 Å². The summed E-state index contributed by atoms with van der Waals surface area (Å²) >= 11 is 0. The number of anilines is 1. The average Bonchev–Trinajstić information content (AvgIpc) is 3.11. The molecule has 0 spiro atoms. The number of nitrogen functional groups attached to an aromatic ring is 1. The lowest BCUT2D eigenvalue weighted by Gasteiger charge is -2.32. The van der Waals surface area contributed by atoms with Crippen LogP contribution in [0.15, 0.2) is 30.7 Å². The molecular weight excluding hydrogens is 376 g/mol. The van der Waals surface area contributed by atoms with Crippen LogP contribution in [-0.4, -0.2) is 54.8 Å². The van der Waals surface area contributed by atoms with Crippen molar-refractivity contribution in [3.05, 3.63) is 36.4 Å². The Morgan fingerprint density at radius 1 is 1.27 bits per heavy atom. The van der Waals surface area contributed by atoms with E-state index < -0.39 is 5.60 Å². The van der Waals surface area contributed by atoms with E-state index in [1.807, 2.05) is 18.3 Å². The molecule has 30 heavy (non-hydrogen) atoms. The lowest BCUT2D eigenvalue weighted by atomic mass is 10.0. The Bertz CT molecular complexity index is 1110. The maximum absolute atomic E-state index is 9.93. The summed E-state index contributed by atoms with van der Waals surface area (Å²) in [6.07, 6.45) is 7.92. The van der Waals surface area contributed by atoms with E-state index in [9.17, 15) is 5.11 Å². The molecule has 3 aromatic heterocycles. The smallest absolute Gasteiger partial charge is 0.220 e. The number of aromatic nitrogens is 4. The monoisotopic (exact) mass is 404 g/mol. The molecular formula is C23H28N6O. The van der Waals surface area contributed by atoms with E-state index in [4.69, 9.17) is 5.73 Å². The standard InChI is InChI=1S/C23H28N6O/c1-4-28-11-7-17(8-12-28)29-15-19(20-6-10-25-22(24)27-20)18-13-16(26-14-21(18)29)5-9-23(2,3)30/h6,10,13-15,17,30H,4,7-8,11-12H2,1-3H3,(H2,24,25,27). The summed E-state index contributed by atoms with van der Waals surface area (Å²) in [5.41, 5.74) is 8.23. The number of rotatable bonds is 3. The van der Waals surface area contributed by atoms with Gasteiger partial charge in [0.15, 0.2) is 0 Å². The van der Waals surface area contributed by atoms with Gasteiger partial charge in [0.05, 0.1) is 17.4 Å². The molecule has 4 rings (SSSR count). The molecule has 1 aliphatic rings. The number of hydrogen-bond donors (Lipinski definition) is 2. The Kier molecular flexibility index (Phi) is 5.46. The van der Waals surface area contributed by atoms with E-state index in [0.29, 0.717) is 11.7 Å². The second-order valence-corrected chi connectivity index (χ2v) is 8.31. The lowest BCUT2D eigenvalue weighted by Crippen LogP contribution is -2.34. The van der Waals surface area contributed by atoms with E-state index in [2.05, 4.69) is 49.4 Å². The summed E-state index contributed by atoms with van der Waals surface area (Å²) in [5.74, 6) is 6.07. The highest BCUT2D eigenvalue weighted by Gasteiger charge is 2.23. The van der Waals surface area contributed by atoms with Gasteiger partial charge in [-0.25, -0.2) is 15.0 Å². The Morgan fingerprint density at radius 3 is 2.70 bits per heavy atom. The molecule has 4 heterocycles. The second-order valence-electron chi connectivity index (χ2n) is 8.31. The first-order chi connectivity index (χ1) is 14.3. The molecule has 0 saturated carbocycles. The van der Waals surface area contributed by atoms with Crippen LogP contribution in [0.3, 0.4) is 0 Å². The van der Waals surface area contributed by atoms with Crippen LogP contribution in [0.25, 0.3) is 22.2 Å². The first kappa shape index (κ1) is 20.3. The van der Waals surface area contributed by atoms with E-state index in [-0.39, 0.29) is 5.95 Å². The van der Waals surface area contributed by atoms with Gasteiger partial charge in [0, 0.05) is 42.5 Å². The minimum absolute atomic E-state index is 0.251. The molecule has 0 aliphatic carbocycles. The number of hydrogen-bond acceptors (Lipinski definition) is 6. The van der Waals surface area contributed by atoms with E-state index >= 15 is 0 Å². The normalized spacial score (nSPS) is 15.9. The molecule has 1 fully saturated rings. The molecule has 1 aliphatic heterocycles. The van der Waals surface area contributed by atoms with Gasteiger partial charge in [-0.05, 0) is 51.3 Å². The van der Waals surface area contributed by atoms with E-state index in [0.717, 1.165) is 54.6 Å². The van der Waals surface area contributed by atoms with Crippen LogP contribution in [0, 0.1) is 11.8 Å². The summed E-state index contributed by atoms with van der Waals surface area (Å²) in [4.78, 5) is 15.5. The Hall–Kier alpha value is -2.95. The van der Waals surface area contributed by atoms with E-state index in [1.54, 1.807) is 20.0 Å². The highest BCUT2D eigenvalue weighted by atomic mass is 16.3. The van der Waals surface area contributed by atoms with Crippen LogP contribution in [0.5, 0.6) is 0 Å². The third kappa shape index (κ3) is 4.30. The summed E-state index contributed by atoms with van der Waals surface area (Å²) < 4.78 is 2.33. The Labute approximate surface area is 177 Å². The van der Waals surface area contributed by atoms with Gasteiger partial charge in [0.1, 0.15) is 11.3 Å². The SMILES string of the molecule is CCN1CCC(n2cc(-c3ccnc(N)n3)c3cc(C#CC(C)(C)O)ncc32)CC1. The molecule has 0 bridgehead atoms. The average molecular weight is 405 g/mol. The van der Waals surface area contributed by atoms with Crippen LogP contribution in [0.4, 0.5) is 5.95 Å². The molecule has 0 radical (unpaired) electrons. The van der Waals surface area contributed by atoms with Crippen molar-refractivity contribution in [3.63, 3.8) is 0 Å². The van der Waals surface area contributed by atoms with Crippen molar-refractivity contribution in [2.45, 2.75) is 45.3 Å². The summed E-state index contributed by atoms with van der Waals surface area (Å²) in [6, 6.07) is 4.26. The summed E-state index contributed by atoms with van der Waals surface area (Å²) in [6.45, 7) is 8.82. The third-order valence-corrected chi connectivity index (χ3v) is 5.56. The highest BCUT2D eigenvalue weighted by Crippen LogP contribution is 2.34. The topological polar surface area (TPSA) is 93.1 Å². The number of likely N-dealkylation sites (tertiary alicyclic amines) is 1. The van der Waals surface area contributed by atoms with Crippen molar-refractivity contribution in [2.24, 2.45) is 0 Å². The summed E-state index contributed by atoms with van der Waals surface area (Å²) in [5, 5.41) is 11.0.